The molecule has 0 aliphatic rings. The molecule has 0 fully saturated rings. The predicted molar refractivity (Wildman–Crippen MR) is 75.3 cm³/mol. The highest BCUT2D eigenvalue weighted by molar-refractivity contribution is 6.32. The van der Waals surface area contributed by atoms with Crippen molar-refractivity contribution in [1.29, 1.82) is 0 Å². The molecule has 0 saturated carbocycles. The molecule has 0 atom stereocenters. The van der Waals surface area contributed by atoms with Crippen LogP contribution in [0.1, 0.15) is 15.9 Å². The van der Waals surface area contributed by atoms with Gasteiger partial charge in [-0.1, -0.05) is 29.3 Å². The Bertz CT molecular complexity index is 643. The zero-order chi connectivity index (χ0) is 14.0. The molecule has 0 spiro atoms. The molecular weight excluding hydrogens is 288 g/mol. The van der Waals surface area contributed by atoms with Crippen molar-refractivity contribution in [3.63, 3.8) is 0 Å². The Hall–Kier alpha value is -1.58. The summed E-state index contributed by atoms with van der Waals surface area (Å²) in [5, 5.41) is 0.690. The minimum Gasteiger partial charge on any atom is -0.398 e. The number of Topliss-reactive ketones (excluding diaryl/α,β-unsaturated/α-hetero) is 1. The first-order valence-electron chi connectivity index (χ1n) is 5.49. The maximum absolute atomic E-state index is 12.9. The number of carbonyl (C=O) groups is 1. The van der Waals surface area contributed by atoms with E-state index in [0.29, 0.717) is 21.8 Å². The molecule has 2 nitrogen and oxygen atoms in total. The minimum atomic E-state index is -0.438. The van der Waals surface area contributed by atoms with E-state index in [1.807, 2.05) is 0 Å². The first-order valence-corrected chi connectivity index (χ1v) is 6.25. The molecule has 2 aromatic carbocycles. The fourth-order valence-electron chi connectivity index (χ4n) is 1.72. The van der Waals surface area contributed by atoms with Crippen LogP contribution in [0.2, 0.25) is 10.0 Å². The van der Waals surface area contributed by atoms with Gasteiger partial charge in [-0.2, -0.15) is 0 Å². The fourth-order valence-corrected chi connectivity index (χ4v) is 2.14. The van der Waals surface area contributed by atoms with Gasteiger partial charge < -0.3 is 5.73 Å². The van der Waals surface area contributed by atoms with Crippen molar-refractivity contribution in [2.24, 2.45) is 0 Å². The number of hydrogen-bond donors (Lipinski definition) is 1. The lowest BCUT2D eigenvalue weighted by atomic mass is 10.0. The first kappa shape index (κ1) is 13.8. The second-order valence-electron chi connectivity index (χ2n) is 4.07. The Kier molecular flexibility index (Phi) is 4.08. The largest absolute Gasteiger partial charge is 0.398 e. The molecule has 5 heteroatoms. The Morgan fingerprint density at radius 3 is 2.53 bits per heavy atom. The number of nitrogens with two attached hydrogens (primary N) is 1. The fraction of sp³-hybridized carbons (Fsp3) is 0.0714. The number of hydrogen-bond acceptors (Lipinski definition) is 2. The molecule has 2 rings (SSSR count). The van der Waals surface area contributed by atoms with Crippen LogP contribution in [0.4, 0.5) is 10.1 Å². The third kappa shape index (κ3) is 3.25. The summed E-state index contributed by atoms with van der Waals surface area (Å²) in [6.45, 7) is 0. The lowest BCUT2D eigenvalue weighted by Crippen LogP contribution is -2.07. The highest BCUT2D eigenvalue weighted by atomic mass is 35.5. The third-order valence-electron chi connectivity index (χ3n) is 2.68. The highest BCUT2D eigenvalue weighted by Crippen LogP contribution is 2.23. The average molecular weight is 298 g/mol. The summed E-state index contributed by atoms with van der Waals surface area (Å²) < 4.78 is 12.9. The second-order valence-corrected chi connectivity index (χ2v) is 4.91. The van der Waals surface area contributed by atoms with E-state index in [-0.39, 0.29) is 17.2 Å². The van der Waals surface area contributed by atoms with E-state index < -0.39 is 5.82 Å². The van der Waals surface area contributed by atoms with Crippen molar-refractivity contribution in [3.8, 4) is 0 Å². The van der Waals surface area contributed by atoms with Crippen LogP contribution in [0.5, 0.6) is 0 Å². The van der Waals surface area contributed by atoms with Crippen LogP contribution in [0.25, 0.3) is 0 Å². The van der Waals surface area contributed by atoms with Crippen LogP contribution in [0.15, 0.2) is 36.4 Å². The highest BCUT2D eigenvalue weighted by Gasteiger charge is 2.13. The lowest BCUT2D eigenvalue weighted by Gasteiger charge is -2.07. The van der Waals surface area contributed by atoms with Crippen molar-refractivity contribution in [2.75, 3.05) is 5.73 Å². The van der Waals surface area contributed by atoms with Crippen molar-refractivity contribution in [3.05, 3.63) is 63.4 Å². The van der Waals surface area contributed by atoms with Gasteiger partial charge in [0.2, 0.25) is 0 Å². The van der Waals surface area contributed by atoms with Gasteiger partial charge in [0.15, 0.2) is 5.78 Å². The molecule has 0 unspecified atom stereocenters. The van der Waals surface area contributed by atoms with E-state index >= 15 is 0 Å². The van der Waals surface area contributed by atoms with Crippen LogP contribution in [-0.4, -0.2) is 5.78 Å². The summed E-state index contributed by atoms with van der Waals surface area (Å²) in [4.78, 5) is 12.1. The monoisotopic (exact) mass is 297 g/mol. The molecule has 2 aromatic rings. The van der Waals surface area contributed by atoms with Crippen molar-refractivity contribution < 1.29 is 9.18 Å². The molecule has 0 radical (unpaired) electrons. The van der Waals surface area contributed by atoms with Crippen LogP contribution in [0.3, 0.4) is 0 Å². The number of halogens is 3. The third-order valence-corrected chi connectivity index (χ3v) is 3.27. The smallest absolute Gasteiger partial charge is 0.169 e. The number of nitrogen functional groups attached to an aromatic ring is 1. The summed E-state index contributed by atoms with van der Waals surface area (Å²) in [6.07, 6.45) is 0.0605. The van der Waals surface area contributed by atoms with Gasteiger partial charge in [-0.15, -0.1) is 0 Å². The summed E-state index contributed by atoms with van der Waals surface area (Å²) >= 11 is 11.7. The maximum Gasteiger partial charge on any atom is 0.169 e. The van der Waals surface area contributed by atoms with Crippen LogP contribution >= 0.6 is 23.2 Å². The number of anilines is 1. The molecule has 19 heavy (non-hydrogen) atoms. The van der Waals surface area contributed by atoms with E-state index in [1.165, 1.54) is 24.3 Å². The van der Waals surface area contributed by atoms with Gasteiger partial charge >= 0.3 is 0 Å². The van der Waals surface area contributed by atoms with Gasteiger partial charge in [0.05, 0.1) is 0 Å². The summed E-state index contributed by atoms with van der Waals surface area (Å²) in [5.74, 6) is -0.630. The van der Waals surface area contributed by atoms with E-state index in [0.717, 1.165) is 0 Å². The van der Waals surface area contributed by atoms with Crippen molar-refractivity contribution >= 4 is 34.7 Å². The van der Waals surface area contributed by atoms with Gasteiger partial charge in [-0.05, 0) is 35.9 Å². The SMILES string of the molecule is Nc1cc(Cl)ccc1C(=O)Cc1ccc(F)cc1Cl. The number of carbonyl (C=O) groups excluding carboxylic acids is 1. The van der Waals surface area contributed by atoms with Gasteiger partial charge in [0.1, 0.15) is 5.82 Å². The maximum atomic E-state index is 12.9. The van der Waals surface area contributed by atoms with Gasteiger partial charge in [-0.25, -0.2) is 4.39 Å². The molecule has 0 aliphatic carbocycles. The summed E-state index contributed by atoms with van der Waals surface area (Å²) in [7, 11) is 0. The standard InChI is InChI=1S/C14H10Cl2FNO/c15-9-2-4-11(13(18)6-9)14(19)5-8-1-3-10(17)7-12(8)16/h1-4,6-7H,5,18H2. The number of ketones is 1. The Morgan fingerprint density at radius 2 is 1.89 bits per heavy atom. The summed E-state index contributed by atoms with van der Waals surface area (Å²) in [6, 6.07) is 8.60. The Morgan fingerprint density at radius 1 is 1.16 bits per heavy atom. The lowest BCUT2D eigenvalue weighted by molar-refractivity contribution is 0.0994. The van der Waals surface area contributed by atoms with E-state index in [1.54, 1.807) is 12.1 Å². The molecule has 98 valence electrons. The van der Waals surface area contributed by atoms with Gasteiger partial charge in [0.25, 0.3) is 0 Å². The van der Waals surface area contributed by atoms with Crippen LogP contribution in [0, 0.1) is 5.82 Å². The minimum absolute atomic E-state index is 0.0605. The van der Waals surface area contributed by atoms with Crippen molar-refractivity contribution in [1.82, 2.24) is 0 Å². The zero-order valence-corrected chi connectivity index (χ0v) is 11.3. The number of benzene rings is 2. The predicted octanol–water partition coefficient (Wildman–Crippen LogP) is 4.14. The van der Waals surface area contributed by atoms with Crippen molar-refractivity contribution in [2.45, 2.75) is 6.42 Å². The van der Waals surface area contributed by atoms with Gasteiger partial charge in [0, 0.05) is 27.7 Å². The normalized spacial score (nSPS) is 10.5. The average Bonchev–Trinajstić information content (AvgIpc) is 2.32. The molecule has 0 aliphatic heterocycles. The molecule has 0 saturated heterocycles. The zero-order valence-electron chi connectivity index (χ0n) is 9.79. The Labute approximate surface area is 119 Å². The molecular formula is C14H10Cl2FNO. The molecule has 2 N–H and O–H groups in total. The first-order chi connectivity index (χ1) is 8.97. The molecule has 0 heterocycles. The Balaban J connectivity index is 2.25. The second kappa shape index (κ2) is 5.59. The molecule has 0 aromatic heterocycles. The molecule has 0 bridgehead atoms. The topological polar surface area (TPSA) is 43.1 Å². The van der Waals surface area contributed by atoms with Crippen LogP contribution in [-0.2, 0) is 6.42 Å². The van der Waals surface area contributed by atoms with E-state index in [2.05, 4.69) is 0 Å². The molecule has 0 amide bonds. The van der Waals surface area contributed by atoms with E-state index in [9.17, 15) is 9.18 Å². The van der Waals surface area contributed by atoms with Crippen LogP contribution < -0.4 is 5.73 Å². The van der Waals surface area contributed by atoms with Gasteiger partial charge in [-0.3, -0.25) is 4.79 Å². The quantitative estimate of drug-likeness (QED) is 0.683. The van der Waals surface area contributed by atoms with E-state index in [4.69, 9.17) is 28.9 Å². The summed E-state index contributed by atoms with van der Waals surface area (Å²) in [5.41, 5.74) is 6.99. The number of rotatable bonds is 3.